The summed E-state index contributed by atoms with van der Waals surface area (Å²) in [7, 11) is -1.90. The van der Waals surface area contributed by atoms with Crippen LogP contribution in [0.4, 0.5) is 5.69 Å². The largest absolute Gasteiger partial charge is 0.324 e. The Morgan fingerprint density at radius 1 is 1.13 bits per heavy atom. The Morgan fingerprint density at radius 2 is 1.83 bits per heavy atom. The van der Waals surface area contributed by atoms with Crippen LogP contribution in [0.2, 0.25) is 10.0 Å². The van der Waals surface area contributed by atoms with E-state index in [0.717, 1.165) is 17.3 Å². The number of sulfone groups is 1. The Balaban J connectivity index is 1.64. The second kappa shape index (κ2) is 9.38. The minimum Gasteiger partial charge on any atom is -0.324 e. The van der Waals surface area contributed by atoms with E-state index in [-0.39, 0.29) is 28.1 Å². The highest BCUT2D eigenvalue weighted by Gasteiger charge is 2.20. The van der Waals surface area contributed by atoms with Gasteiger partial charge in [-0.25, -0.2) is 8.42 Å². The number of nitrogens with one attached hydrogen (secondary N) is 1. The first-order valence-corrected chi connectivity index (χ1v) is 12.1. The molecule has 0 saturated carbocycles. The molecule has 0 saturated heterocycles. The average Bonchev–Trinajstić information content (AvgIpc) is 3.02. The predicted octanol–water partition coefficient (Wildman–Crippen LogP) is 4.14. The van der Waals surface area contributed by atoms with Crippen molar-refractivity contribution >= 4 is 56.4 Å². The molecule has 1 aromatic heterocycles. The average molecular weight is 485 g/mol. The van der Waals surface area contributed by atoms with Gasteiger partial charge in [0.25, 0.3) is 0 Å². The van der Waals surface area contributed by atoms with E-state index in [2.05, 4.69) is 15.5 Å². The molecule has 0 unspecified atom stereocenters. The molecular formula is C19H18Cl2N4O3S2. The van der Waals surface area contributed by atoms with Gasteiger partial charge < -0.3 is 9.88 Å². The van der Waals surface area contributed by atoms with E-state index in [0.29, 0.717) is 20.9 Å². The van der Waals surface area contributed by atoms with Gasteiger partial charge in [-0.05, 0) is 37.3 Å². The summed E-state index contributed by atoms with van der Waals surface area (Å²) in [6, 6.07) is 11.4. The van der Waals surface area contributed by atoms with Crippen LogP contribution in [0, 0.1) is 6.92 Å². The van der Waals surface area contributed by atoms with Crippen molar-refractivity contribution < 1.29 is 13.2 Å². The van der Waals surface area contributed by atoms with E-state index < -0.39 is 9.84 Å². The number of rotatable bonds is 7. The van der Waals surface area contributed by atoms with Crippen LogP contribution in [-0.4, -0.2) is 34.8 Å². The fourth-order valence-electron chi connectivity index (χ4n) is 2.51. The summed E-state index contributed by atoms with van der Waals surface area (Å²) in [6.45, 7) is 1.89. The Labute approximate surface area is 188 Å². The van der Waals surface area contributed by atoms with Crippen molar-refractivity contribution in [1.29, 1.82) is 0 Å². The molecule has 0 aliphatic heterocycles. The first-order valence-electron chi connectivity index (χ1n) is 8.71. The minimum atomic E-state index is -3.56. The van der Waals surface area contributed by atoms with Crippen molar-refractivity contribution in [1.82, 2.24) is 14.8 Å². The molecule has 11 heteroatoms. The molecular weight excluding hydrogens is 467 g/mol. The van der Waals surface area contributed by atoms with Crippen molar-refractivity contribution in [3.63, 3.8) is 0 Å². The molecule has 30 heavy (non-hydrogen) atoms. The molecule has 158 valence electrons. The number of nitrogens with zero attached hydrogens (tertiary/aromatic N) is 3. The van der Waals surface area contributed by atoms with E-state index >= 15 is 0 Å². The van der Waals surface area contributed by atoms with Gasteiger partial charge in [0.1, 0.15) is 11.6 Å². The lowest BCUT2D eigenvalue weighted by atomic mass is 10.2. The molecule has 7 nitrogen and oxygen atoms in total. The van der Waals surface area contributed by atoms with Crippen LogP contribution in [0.25, 0.3) is 0 Å². The molecule has 0 aliphatic rings. The SMILES string of the molecule is Cc1ccc(S(=O)(=O)Cc2nnc(SCC(=O)Nc3cc(Cl)ccc3Cl)n2C)cc1. The Hall–Kier alpha value is -2.07. The molecule has 3 rings (SSSR count). The summed E-state index contributed by atoms with van der Waals surface area (Å²) in [6.07, 6.45) is 0. The van der Waals surface area contributed by atoms with Gasteiger partial charge in [0, 0.05) is 12.1 Å². The lowest BCUT2D eigenvalue weighted by molar-refractivity contribution is -0.113. The number of hydrogen-bond donors (Lipinski definition) is 1. The normalized spacial score (nSPS) is 11.5. The van der Waals surface area contributed by atoms with Crippen molar-refractivity contribution in [2.75, 3.05) is 11.1 Å². The van der Waals surface area contributed by atoms with Gasteiger partial charge in [0.15, 0.2) is 15.0 Å². The first-order chi connectivity index (χ1) is 14.2. The number of amides is 1. The van der Waals surface area contributed by atoms with Crippen molar-refractivity contribution in [2.24, 2.45) is 7.05 Å². The number of aromatic nitrogens is 3. The van der Waals surface area contributed by atoms with Gasteiger partial charge in [0.05, 0.1) is 21.4 Å². The summed E-state index contributed by atoms with van der Waals surface area (Å²) < 4.78 is 26.8. The van der Waals surface area contributed by atoms with E-state index in [1.807, 2.05) is 6.92 Å². The second-order valence-corrected chi connectivity index (χ2v) is 10.3. The van der Waals surface area contributed by atoms with E-state index in [4.69, 9.17) is 23.2 Å². The van der Waals surface area contributed by atoms with Crippen molar-refractivity contribution in [3.05, 3.63) is 63.9 Å². The summed E-state index contributed by atoms with van der Waals surface area (Å²) in [5.41, 5.74) is 1.39. The third-order valence-electron chi connectivity index (χ3n) is 4.16. The molecule has 2 aromatic carbocycles. The molecule has 0 atom stereocenters. The quantitative estimate of drug-likeness (QED) is 0.506. The molecule has 1 amide bonds. The smallest absolute Gasteiger partial charge is 0.234 e. The molecule has 0 aliphatic carbocycles. The Kier molecular flexibility index (Phi) is 7.07. The number of carbonyl (C=O) groups is 1. The molecule has 1 heterocycles. The molecule has 1 N–H and O–H groups in total. The number of halogens is 2. The maximum atomic E-state index is 12.6. The summed E-state index contributed by atoms with van der Waals surface area (Å²) in [4.78, 5) is 12.4. The van der Waals surface area contributed by atoms with E-state index in [1.165, 1.54) is 0 Å². The summed E-state index contributed by atoms with van der Waals surface area (Å²) in [5.74, 6) is -0.262. The third kappa shape index (κ3) is 5.54. The molecule has 0 spiro atoms. The molecule has 0 bridgehead atoms. The zero-order valence-corrected chi connectivity index (χ0v) is 19.2. The van der Waals surface area contributed by atoms with Crippen molar-refractivity contribution in [3.8, 4) is 0 Å². The van der Waals surface area contributed by atoms with Crippen LogP contribution in [0.1, 0.15) is 11.4 Å². The highest BCUT2D eigenvalue weighted by molar-refractivity contribution is 7.99. The summed E-state index contributed by atoms with van der Waals surface area (Å²) in [5, 5.41) is 11.9. The number of thioether (sulfide) groups is 1. The number of anilines is 1. The lowest BCUT2D eigenvalue weighted by Gasteiger charge is -2.08. The van der Waals surface area contributed by atoms with E-state index in [9.17, 15) is 13.2 Å². The van der Waals surface area contributed by atoms with Crippen LogP contribution in [0.15, 0.2) is 52.5 Å². The fraction of sp³-hybridized carbons (Fsp3) is 0.211. The van der Waals surface area contributed by atoms with Crippen LogP contribution in [0.5, 0.6) is 0 Å². The fourth-order valence-corrected chi connectivity index (χ4v) is 4.88. The number of carbonyl (C=O) groups excluding carboxylic acids is 1. The topological polar surface area (TPSA) is 94.0 Å². The van der Waals surface area contributed by atoms with Gasteiger partial charge in [-0.2, -0.15) is 0 Å². The Morgan fingerprint density at radius 3 is 2.53 bits per heavy atom. The highest BCUT2D eigenvalue weighted by atomic mass is 35.5. The monoisotopic (exact) mass is 484 g/mol. The predicted molar refractivity (Wildman–Crippen MR) is 119 cm³/mol. The zero-order chi connectivity index (χ0) is 21.9. The van der Waals surface area contributed by atoms with Crippen molar-refractivity contribution in [2.45, 2.75) is 22.7 Å². The minimum absolute atomic E-state index is 0.0412. The summed E-state index contributed by atoms with van der Waals surface area (Å²) >= 11 is 13.1. The van der Waals surface area contributed by atoms with Crippen LogP contribution in [-0.2, 0) is 27.4 Å². The zero-order valence-electron chi connectivity index (χ0n) is 16.1. The maximum absolute atomic E-state index is 12.6. The number of benzene rings is 2. The van der Waals surface area contributed by atoms with Gasteiger partial charge in [-0.1, -0.05) is 52.7 Å². The number of hydrogen-bond acceptors (Lipinski definition) is 6. The molecule has 0 radical (unpaired) electrons. The maximum Gasteiger partial charge on any atom is 0.234 e. The lowest BCUT2D eigenvalue weighted by Crippen LogP contribution is -2.15. The van der Waals surface area contributed by atoms with Gasteiger partial charge in [-0.15, -0.1) is 10.2 Å². The first kappa shape index (κ1) is 22.6. The van der Waals surface area contributed by atoms with Crippen LogP contribution in [0.3, 0.4) is 0 Å². The van der Waals surface area contributed by atoms with E-state index in [1.54, 1.807) is 54.1 Å². The highest BCUT2D eigenvalue weighted by Crippen LogP contribution is 2.26. The van der Waals surface area contributed by atoms with Gasteiger partial charge in [-0.3, -0.25) is 4.79 Å². The third-order valence-corrected chi connectivity index (χ3v) is 7.37. The van der Waals surface area contributed by atoms with Gasteiger partial charge >= 0.3 is 0 Å². The standard InChI is InChI=1S/C19H18Cl2N4O3S2/c1-12-3-6-14(7-4-12)30(27,28)11-17-23-24-19(25(17)2)29-10-18(26)22-16-9-13(20)5-8-15(16)21/h3-9H,10-11H2,1-2H3,(H,22,26). The Bertz CT molecular complexity index is 1180. The van der Waals surface area contributed by atoms with Gasteiger partial charge in [0.2, 0.25) is 5.91 Å². The molecule has 0 fully saturated rings. The molecule has 3 aromatic rings. The second-order valence-electron chi connectivity index (χ2n) is 6.49. The van der Waals surface area contributed by atoms with Crippen LogP contribution < -0.4 is 5.32 Å². The number of aryl methyl sites for hydroxylation is 1. The van der Waals surface area contributed by atoms with Crippen LogP contribution >= 0.6 is 35.0 Å².